The van der Waals surface area contributed by atoms with Gasteiger partial charge in [-0.1, -0.05) is 23.2 Å². The van der Waals surface area contributed by atoms with Crippen LogP contribution in [0.2, 0.25) is 10.0 Å². The molecule has 0 bridgehead atoms. The Balaban J connectivity index is 2.75. The van der Waals surface area contributed by atoms with E-state index >= 15 is 0 Å². The van der Waals surface area contributed by atoms with Gasteiger partial charge >= 0.3 is 5.97 Å². The lowest BCUT2D eigenvalue weighted by molar-refractivity contribution is -0.146. The van der Waals surface area contributed by atoms with E-state index in [1.807, 2.05) is 0 Å². The number of hydrogen-bond acceptors (Lipinski definition) is 4. The Bertz CT molecular complexity index is 400. The Kier molecular flexibility index (Phi) is 5.50. The number of hydrogen-bond donors (Lipinski definition) is 3. The van der Waals surface area contributed by atoms with Gasteiger partial charge in [0.1, 0.15) is 5.75 Å². The minimum absolute atomic E-state index is 0.0994. The summed E-state index contributed by atoms with van der Waals surface area (Å²) in [5, 5.41) is 20.6. The average Bonchev–Trinajstić information content (AvgIpc) is 2.26. The van der Waals surface area contributed by atoms with Crippen LogP contribution in [0.1, 0.15) is 0 Å². The molecule has 1 aromatic rings. The predicted molar refractivity (Wildman–Crippen MR) is 63.6 cm³/mol. The Morgan fingerprint density at radius 1 is 1.47 bits per heavy atom. The van der Waals surface area contributed by atoms with Crippen LogP contribution < -0.4 is 10.1 Å². The minimum atomic E-state index is -1.28. The number of carbonyl (C=O) groups is 1. The molecule has 1 rings (SSSR count). The number of carboxylic acids is 1. The molecule has 3 N–H and O–H groups in total. The molecule has 0 radical (unpaired) electrons. The summed E-state index contributed by atoms with van der Waals surface area (Å²) in [5.74, 6) is -1.00. The first-order valence-corrected chi connectivity index (χ1v) is 5.49. The predicted octanol–water partition coefficient (Wildman–Crippen LogP) is 1.36. The largest absolute Gasteiger partial charge is 0.477 e. The van der Waals surface area contributed by atoms with Crippen LogP contribution in [-0.2, 0) is 4.79 Å². The molecule has 0 aromatic heterocycles. The molecule has 0 heterocycles. The first-order chi connectivity index (χ1) is 8.04. The van der Waals surface area contributed by atoms with Crippen molar-refractivity contribution in [3.05, 3.63) is 28.2 Å². The quantitative estimate of drug-likeness (QED) is 0.686. The number of nitrogens with one attached hydrogen (secondary N) is 1. The van der Waals surface area contributed by atoms with E-state index in [1.165, 1.54) is 18.2 Å². The Morgan fingerprint density at radius 3 is 2.71 bits per heavy atom. The van der Waals surface area contributed by atoms with Crippen molar-refractivity contribution in [2.75, 3.05) is 13.2 Å². The van der Waals surface area contributed by atoms with E-state index in [1.54, 1.807) is 0 Å². The fraction of sp³-hybridized carbons (Fsp3) is 0.300. The molecular weight excluding hydrogens is 269 g/mol. The first kappa shape index (κ1) is 14.1. The van der Waals surface area contributed by atoms with Gasteiger partial charge in [-0.3, -0.25) is 5.32 Å². The van der Waals surface area contributed by atoms with E-state index in [4.69, 9.17) is 38.2 Å². The number of aliphatic hydroxyl groups is 1. The van der Waals surface area contributed by atoms with E-state index < -0.39 is 12.2 Å². The maximum Gasteiger partial charge on any atom is 0.360 e. The van der Waals surface area contributed by atoms with Crippen LogP contribution in [0.25, 0.3) is 0 Å². The second-order valence-electron chi connectivity index (χ2n) is 3.09. The zero-order chi connectivity index (χ0) is 12.8. The number of aliphatic hydroxyl groups excluding tert-OH is 1. The van der Waals surface area contributed by atoms with Crippen molar-refractivity contribution in [2.45, 2.75) is 6.23 Å². The Morgan fingerprint density at radius 2 is 2.18 bits per heavy atom. The lowest BCUT2D eigenvalue weighted by Gasteiger charge is -2.16. The highest BCUT2D eigenvalue weighted by molar-refractivity contribution is 6.35. The van der Waals surface area contributed by atoms with Crippen LogP contribution in [0.15, 0.2) is 18.2 Å². The summed E-state index contributed by atoms with van der Waals surface area (Å²) in [5.41, 5.74) is 0. The second-order valence-corrected chi connectivity index (χ2v) is 3.93. The summed E-state index contributed by atoms with van der Waals surface area (Å²) < 4.78 is 5.15. The van der Waals surface area contributed by atoms with E-state index in [0.717, 1.165) is 0 Å². The molecule has 0 aliphatic carbocycles. The number of aliphatic carboxylic acids is 1. The van der Waals surface area contributed by atoms with Gasteiger partial charge in [0.05, 0.1) is 11.6 Å². The van der Waals surface area contributed by atoms with Crippen LogP contribution in [-0.4, -0.2) is 35.6 Å². The van der Waals surface area contributed by atoms with Crippen LogP contribution in [0.5, 0.6) is 5.75 Å². The smallest absolute Gasteiger partial charge is 0.360 e. The summed E-state index contributed by atoms with van der Waals surface area (Å²) in [6.07, 6.45) is -1.28. The minimum Gasteiger partial charge on any atom is -0.477 e. The van der Waals surface area contributed by atoms with Crippen molar-refractivity contribution in [3.63, 3.8) is 0 Å². The lowest BCUT2D eigenvalue weighted by Crippen LogP contribution is -2.42. The fourth-order valence-electron chi connectivity index (χ4n) is 1.07. The molecule has 17 heavy (non-hydrogen) atoms. The van der Waals surface area contributed by atoms with E-state index in [9.17, 15) is 4.79 Å². The molecule has 5 nitrogen and oxygen atoms in total. The summed E-state index contributed by atoms with van der Waals surface area (Å²) in [6, 6.07) is 4.46. The van der Waals surface area contributed by atoms with Gasteiger partial charge in [0.15, 0.2) is 0 Å². The van der Waals surface area contributed by atoms with Crippen molar-refractivity contribution in [2.24, 2.45) is 0 Å². The van der Waals surface area contributed by atoms with Gasteiger partial charge in [-0.05, 0) is 18.2 Å². The maximum absolute atomic E-state index is 10.8. The molecule has 0 aliphatic heterocycles. The first-order valence-electron chi connectivity index (χ1n) is 4.73. The van der Waals surface area contributed by atoms with Crippen LogP contribution in [0, 0.1) is 0 Å². The zero-order valence-corrected chi connectivity index (χ0v) is 10.2. The van der Waals surface area contributed by atoms with Gasteiger partial charge in [0, 0.05) is 11.6 Å². The number of ether oxygens (including phenoxy) is 1. The highest BCUT2D eigenvalue weighted by atomic mass is 35.5. The summed E-state index contributed by atoms with van der Waals surface area (Å²) >= 11 is 11.5. The number of rotatable bonds is 6. The second kappa shape index (κ2) is 6.66. The maximum atomic E-state index is 10.8. The van der Waals surface area contributed by atoms with E-state index in [2.05, 4.69) is 5.32 Å². The third kappa shape index (κ3) is 4.40. The number of benzene rings is 1. The van der Waals surface area contributed by atoms with Gasteiger partial charge in [-0.15, -0.1) is 0 Å². The molecule has 1 unspecified atom stereocenters. The van der Waals surface area contributed by atoms with Gasteiger partial charge in [0.2, 0.25) is 6.23 Å². The normalized spacial score (nSPS) is 12.2. The molecule has 0 amide bonds. The molecule has 94 valence electrons. The van der Waals surface area contributed by atoms with Crippen LogP contribution >= 0.6 is 23.2 Å². The third-order valence-corrected chi connectivity index (χ3v) is 2.34. The van der Waals surface area contributed by atoms with Gasteiger partial charge in [0.25, 0.3) is 0 Å². The molecule has 0 saturated carbocycles. The zero-order valence-electron chi connectivity index (χ0n) is 8.69. The summed E-state index contributed by atoms with van der Waals surface area (Å²) in [6.45, 7) is -0.0936. The molecule has 1 aromatic carbocycles. The molecule has 0 aliphatic rings. The third-order valence-electron chi connectivity index (χ3n) is 1.80. The van der Waals surface area contributed by atoms with Crippen molar-refractivity contribution in [1.29, 1.82) is 0 Å². The molecule has 1 atom stereocenters. The van der Waals surface area contributed by atoms with E-state index in [-0.39, 0.29) is 23.9 Å². The molecular formula is C10H11Cl2NO4. The van der Waals surface area contributed by atoms with Crippen molar-refractivity contribution < 1.29 is 19.7 Å². The number of carboxylic acid groups (broad SMARTS) is 1. The average molecular weight is 280 g/mol. The van der Waals surface area contributed by atoms with Crippen LogP contribution in [0.4, 0.5) is 0 Å². The standard InChI is InChI=1S/C10H11Cl2NO4/c11-6-1-2-8(7(12)5-6)17-9(10(15)16)13-3-4-14/h1-2,5,9,13-14H,3-4H2,(H,15,16). The molecule has 0 spiro atoms. The monoisotopic (exact) mass is 279 g/mol. The molecule has 0 saturated heterocycles. The van der Waals surface area contributed by atoms with Gasteiger partial charge in [-0.2, -0.15) is 0 Å². The van der Waals surface area contributed by atoms with Crippen molar-refractivity contribution >= 4 is 29.2 Å². The van der Waals surface area contributed by atoms with Crippen LogP contribution in [0.3, 0.4) is 0 Å². The van der Waals surface area contributed by atoms with E-state index in [0.29, 0.717) is 5.02 Å². The molecule has 0 fully saturated rings. The number of halogens is 2. The molecule has 7 heteroatoms. The SMILES string of the molecule is O=C(O)C(NCCO)Oc1ccc(Cl)cc1Cl. The summed E-state index contributed by atoms with van der Waals surface area (Å²) in [7, 11) is 0. The highest BCUT2D eigenvalue weighted by Gasteiger charge is 2.19. The summed E-state index contributed by atoms with van der Waals surface area (Å²) in [4.78, 5) is 10.8. The topological polar surface area (TPSA) is 78.8 Å². The lowest BCUT2D eigenvalue weighted by atomic mass is 10.3. The van der Waals surface area contributed by atoms with Gasteiger partial charge < -0.3 is 14.9 Å². The Hall–Kier alpha value is -1.01. The Labute approximate surface area is 108 Å². The van der Waals surface area contributed by atoms with Crippen molar-refractivity contribution in [3.8, 4) is 5.75 Å². The fourth-order valence-corrected chi connectivity index (χ4v) is 1.53. The van der Waals surface area contributed by atoms with Gasteiger partial charge in [-0.25, -0.2) is 4.79 Å². The highest BCUT2D eigenvalue weighted by Crippen LogP contribution is 2.28. The van der Waals surface area contributed by atoms with Crippen molar-refractivity contribution in [1.82, 2.24) is 5.32 Å².